The molecule has 1 aliphatic heterocycles. The van der Waals surface area contributed by atoms with Gasteiger partial charge in [0.15, 0.2) is 0 Å². The number of nitrogens with zero attached hydrogens (tertiary/aromatic N) is 1. The summed E-state index contributed by atoms with van der Waals surface area (Å²) in [6.45, 7) is 10.5. The van der Waals surface area contributed by atoms with E-state index in [1.807, 2.05) is 30.3 Å². The van der Waals surface area contributed by atoms with E-state index in [0.717, 1.165) is 36.8 Å². The molecule has 2 rings (SSSR count). The zero-order valence-electron chi connectivity index (χ0n) is 17.5. The average Bonchev–Trinajstić information content (AvgIpc) is 2.66. The SMILES string of the molecule is CC1CC(C)CN(CCCCNC(=O)C(C)NC(=O)/C=C/c2ccccc2)C1. The molecule has 154 valence electrons. The fourth-order valence-electron chi connectivity index (χ4n) is 3.86. The Kier molecular flexibility index (Phi) is 9.21. The van der Waals surface area contributed by atoms with Crippen molar-refractivity contribution in [1.82, 2.24) is 15.5 Å². The molecule has 0 aromatic heterocycles. The molecule has 1 aromatic rings. The third-order valence-electron chi connectivity index (χ3n) is 5.12. The highest BCUT2D eigenvalue weighted by molar-refractivity contribution is 5.95. The normalized spacial score (nSPS) is 21.4. The Hall–Kier alpha value is -2.14. The van der Waals surface area contributed by atoms with Crippen LogP contribution >= 0.6 is 0 Å². The van der Waals surface area contributed by atoms with Crippen molar-refractivity contribution in [3.63, 3.8) is 0 Å². The van der Waals surface area contributed by atoms with Crippen molar-refractivity contribution < 1.29 is 9.59 Å². The van der Waals surface area contributed by atoms with Crippen molar-refractivity contribution in [2.24, 2.45) is 11.8 Å². The van der Waals surface area contributed by atoms with Crippen molar-refractivity contribution in [2.75, 3.05) is 26.2 Å². The molecule has 28 heavy (non-hydrogen) atoms. The second-order valence-corrected chi connectivity index (χ2v) is 8.18. The van der Waals surface area contributed by atoms with Gasteiger partial charge in [-0.25, -0.2) is 0 Å². The van der Waals surface area contributed by atoms with E-state index in [1.54, 1.807) is 13.0 Å². The zero-order valence-corrected chi connectivity index (χ0v) is 17.5. The first-order valence-electron chi connectivity index (χ1n) is 10.5. The Bertz CT molecular complexity index is 635. The first-order valence-corrected chi connectivity index (χ1v) is 10.5. The summed E-state index contributed by atoms with van der Waals surface area (Å²) in [6, 6.07) is 9.06. The second kappa shape index (κ2) is 11.6. The van der Waals surface area contributed by atoms with Gasteiger partial charge in [-0.1, -0.05) is 44.2 Å². The van der Waals surface area contributed by atoms with Gasteiger partial charge in [-0.15, -0.1) is 0 Å². The monoisotopic (exact) mass is 385 g/mol. The molecule has 0 spiro atoms. The van der Waals surface area contributed by atoms with Crippen LogP contribution in [-0.4, -0.2) is 48.9 Å². The Balaban J connectivity index is 1.59. The van der Waals surface area contributed by atoms with Gasteiger partial charge in [-0.2, -0.15) is 0 Å². The summed E-state index contributed by atoms with van der Waals surface area (Å²) in [5.74, 6) is 1.16. The van der Waals surface area contributed by atoms with E-state index in [0.29, 0.717) is 6.54 Å². The summed E-state index contributed by atoms with van der Waals surface area (Å²) >= 11 is 0. The van der Waals surface area contributed by atoms with Crippen LogP contribution in [0.5, 0.6) is 0 Å². The number of unbranched alkanes of at least 4 members (excludes halogenated alkanes) is 1. The van der Waals surface area contributed by atoms with Gasteiger partial charge in [0, 0.05) is 25.7 Å². The molecule has 1 fully saturated rings. The first-order chi connectivity index (χ1) is 13.4. The Labute approximate surface area is 169 Å². The number of amides is 2. The van der Waals surface area contributed by atoms with Crippen LogP contribution < -0.4 is 10.6 Å². The largest absolute Gasteiger partial charge is 0.354 e. The molecule has 5 heteroatoms. The molecule has 1 heterocycles. The number of benzene rings is 1. The molecule has 0 bridgehead atoms. The van der Waals surface area contributed by atoms with Crippen LogP contribution in [0.3, 0.4) is 0 Å². The summed E-state index contributed by atoms with van der Waals surface area (Å²) in [4.78, 5) is 26.6. The van der Waals surface area contributed by atoms with E-state index in [-0.39, 0.29) is 11.8 Å². The van der Waals surface area contributed by atoms with Crippen LogP contribution in [0.1, 0.15) is 45.6 Å². The van der Waals surface area contributed by atoms with Crippen molar-refractivity contribution in [3.8, 4) is 0 Å². The number of nitrogens with one attached hydrogen (secondary N) is 2. The van der Waals surface area contributed by atoms with Crippen molar-refractivity contribution in [3.05, 3.63) is 42.0 Å². The first kappa shape index (κ1) is 22.2. The quantitative estimate of drug-likeness (QED) is 0.507. The van der Waals surface area contributed by atoms with Gasteiger partial charge in [0.05, 0.1) is 0 Å². The van der Waals surface area contributed by atoms with Crippen molar-refractivity contribution in [1.29, 1.82) is 0 Å². The number of hydrogen-bond donors (Lipinski definition) is 2. The lowest BCUT2D eigenvalue weighted by Gasteiger charge is -2.34. The molecular formula is C23H35N3O2. The number of rotatable bonds is 9. The Morgan fingerprint density at radius 2 is 1.82 bits per heavy atom. The molecular weight excluding hydrogens is 350 g/mol. The van der Waals surface area contributed by atoms with Gasteiger partial charge in [0.2, 0.25) is 11.8 Å². The van der Waals surface area contributed by atoms with Gasteiger partial charge in [-0.3, -0.25) is 9.59 Å². The number of carbonyl (C=O) groups is 2. The number of carbonyl (C=O) groups excluding carboxylic acids is 2. The Morgan fingerprint density at radius 1 is 1.14 bits per heavy atom. The molecule has 2 amide bonds. The highest BCUT2D eigenvalue weighted by Crippen LogP contribution is 2.20. The smallest absolute Gasteiger partial charge is 0.244 e. The maximum atomic E-state index is 12.1. The summed E-state index contributed by atoms with van der Waals surface area (Å²) in [5.41, 5.74) is 0.951. The zero-order chi connectivity index (χ0) is 20.4. The molecule has 0 aliphatic carbocycles. The van der Waals surface area contributed by atoms with Gasteiger partial charge in [0.25, 0.3) is 0 Å². The topological polar surface area (TPSA) is 61.4 Å². The van der Waals surface area contributed by atoms with E-state index >= 15 is 0 Å². The predicted molar refractivity (Wildman–Crippen MR) is 115 cm³/mol. The minimum atomic E-state index is -0.545. The standard InChI is InChI=1S/C23H35N3O2/c1-18-15-19(2)17-26(16-18)14-8-7-13-24-23(28)20(3)25-22(27)12-11-21-9-5-4-6-10-21/h4-6,9-12,18-20H,7-8,13-17H2,1-3H3,(H,24,28)(H,25,27)/b12-11+. The van der Waals surface area contributed by atoms with Gasteiger partial charge < -0.3 is 15.5 Å². The van der Waals surface area contributed by atoms with Gasteiger partial charge >= 0.3 is 0 Å². The van der Waals surface area contributed by atoms with Gasteiger partial charge in [0.1, 0.15) is 6.04 Å². The fourth-order valence-corrected chi connectivity index (χ4v) is 3.86. The number of likely N-dealkylation sites (tertiary alicyclic amines) is 1. The number of hydrogen-bond acceptors (Lipinski definition) is 3. The lowest BCUT2D eigenvalue weighted by molar-refractivity contribution is -0.126. The molecule has 1 saturated heterocycles. The van der Waals surface area contributed by atoms with Crippen LogP contribution in [0.25, 0.3) is 6.08 Å². The van der Waals surface area contributed by atoms with Crippen molar-refractivity contribution in [2.45, 2.75) is 46.1 Å². The summed E-state index contributed by atoms with van der Waals surface area (Å²) in [5, 5.41) is 5.63. The van der Waals surface area contributed by atoms with Crippen LogP contribution in [0.4, 0.5) is 0 Å². The molecule has 0 radical (unpaired) electrons. The van der Waals surface area contributed by atoms with Crippen LogP contribution in [-0.2, 0) is 9.59 Å². The highest BCUT2D eigenvalue weighted by Gasteiger charge is 2.21. The maximum Gasteiger partial charge on any atom is 0.244 e. The van der Waals surface area contributed by atoms with E-state index < -0.39 is 6.04 Å². The third kappa shape index (κ3) is 8.26. The van der Waals surface area contributed by atoms with E-state index in [1.165, 1.54) is 25.6 Å². The molecule has 5 nitrogen and oxygen atoms in total. The van der Waals surface area contributed by atoms with Crippen LogP contribution in [0.15, 0.2) is 36.4 Å². The molecule has 3 atom stereocenters. The van der Waals surface area contributed by atoms with Crippen molar-refractivity contribution >= 4 is 17.9 Å². The molecule has 0 saturated carbocycles. The van der Waals surface area contributed by atoms with Crippen LogP contribution in [0, 0.1) is 11.8 Å². The molecule has 2 N–H and O–H groups in total. The lowest BCUT2D eigenvalue weighted by Crippen LogP contribution is -2.44. The fraction of sp³-hybridized carbons (Fsp3) is 0.565. The lowest BCUT2D eigenvalue weighted by atomic mass is 9.92. The predicted octanol–water partition coefficient (Wildman–Crippen LogP) is 3.08. The van der Waals surface area contributed by atoms with E-state index in [9.17, 15) is 9.59 Å². The minimum Gasteiger partial charge on any atom is -0.354 e. The highest BCUT2D eigenvalue weighted by atomic mass is 16.2. The molecule has 3 unspecified atom stereocenters. The maximum absolute atomic E-state index is 12.1. The molecule has 1 aromatic carbocycles. The summed E-state index contributed by atoms with van der Waals surface area (Å²) in [7, 11) is 0. The molecule has 1 aliphatic rings. The van der Waals surface area contributed by atoms with E-state index in [4.69, 9.17) is 0 Å². The minimum absolute atomic E-state index is 0.137. The summed E-state index contributed by atoms with van der Waals surface area (Å²) < 4.78 is 0. The van der Waals surface area contributed by atoms with E-state index in [2.05, 4.69) is 29.4 Å². The average molecular weight is 386 g/mol. The van der Waals surface area contributed by atoms with Crippen LogP contribution in [0.2, 0.25) is 0 Å². The summed E-state index contributed by atoms with van der Waals surface area (Å²) in [6.07, 6.45) is 6.57. The number of piperidine rings is 1. The van der Waals surface area contributed by atoms with Gasteiger partial charge in [-0.05, 0) is 56.2 Å². The second-order valence-electron chi connectivity index (χ2n) is 8.18. The Morgan fingerprint density at radius 3 is 2.50 bits per heavy atom. The third-order valence-corrected chi connectivity index (χ3v) is 5.12.